The number of nitrogens with zero attached hydrogens (tertiary/aromatic N) is 2. The minimum absolute atomic E-state index is 0.902. The fraction of sp³-hybridized carbons (Fsp3) is 0. The average molecular weight is 703 g/mol. The Morgan fingerprint density at radius 1 is 0.400 bits per heavy atom. The molecule has 55 heavy (non-hydrogen) atoms. The van der Waals surface area contributed by atoms with E-state index >= 15 is 0 Å². The Labute approximate surface area is 318 Å². The highest BCUT2D eigenvalue weighted by Gasteiger charge is 2.21. The molecule has 0 amide bonds. The molecule has 0 bridgehead atoms. The fourth-order valence-electron chi connectivity index (χ4n) is 8.49. The minimum atomic E-state index is 0.902. The highest BCUT2D eigenvalue weighted by molar-refractivity contribution is 6.21. The Morgan fingerprint density at radius 2 is 1.02 bits per heavy atom. The van der Waals surface area contributed by atoms with Gasteiger partial charge in [0.05, 0.1) is 16.7 Å². The lowest BCUT2D eigenvalue weighted by Gasteiger charge is -2.28. The van der Waals surface area contributed by atoms with Crippen molar-refractivity contribution >= 4 is 71.6 Å². The smallest absolute Gasteiger partial charge is 0.143 e. The van der Waals surface area contributed by atoms with E-state index in [0.717, 1.165) is 66.6 Å². The van der Waals surface area contributed by atoms with Crippen LogP contribution in [0.1, 0.15) is 0 Å². The van der Waals surface area contributed by atoms with Gasteiger partial charge in [0, 0.05) is 49.6 Å². The molecular weight excluding hydrogens is 669 g/mol. The van der Waals surface area contributed by atoms with Gasteiger partial charge in [0.15, 0.2) is 0 Å². The van der Waals surface area contributed by atoms with Crippen molar-refractivity contribution in [2.75, 3.05) is 4.90 Å². The van der Waals surface area contributed by atoms with E-state index in [1.807, 2.05) is 6.07 Å². The maximum Gasteiger partial charge on any atom is 0.143 e. The second-order valence-electron chi connectivity index (χ2n) is 14.1. The maximum atomic E-state index is 6.55. The second-order valence-corrected chi connectivity index (χ2v) is 14.1. The van der Waals surface area contributed by atoms with Gasteiger partial charge in [0.25, 0.3) is 0 Å². The summed E-state index contributed by atoms with van der Waals surface area (Å²) >= 11 is 0. The third kappa shape index (κ3) is 5.05. The Bertz CT molecular complexity index is 3190. The Morgan fingerprint density at radius 3 is 1.85 bits per heavy atom. The SMILES string of the molecule is c1ccc(-c2ccccc2N(c2ccc(-c3cc4ccccc4c4oc5ccccc5c34)cc2)c2ccc3c(c2)c2ccccc2n3-c2ccccc2)cc1. The van der Waals surface area contributed by atoms with Crippen molar-refractivity contribution in [3.8, 4) is 27.9 Å². The van der Waals surface area contributed by atoms with Crippen LogP contribution in [0.2, 0.25) is 0 Å². The Balaban J connectivity index is 1.13. The number of aromatic nitrogens is 1. The van der Waals surface area contributed by atoms with Gasteiger partial charge in [-0.05, 0) is 88.8 Å². The molecule has 0 aliphatic carbocycles. The molecule has 11 aromatic rings. The topological polar surface area (TPSA) is 21.3 Å². The van der Waals surface area contributed by atoms with Gasteiger partial charge in [-0.15, -0.1) is 0 Å². The van der Waals surface area contributed by atoms with Gasteiger partial charge in [-0.2, -0.15) is 0 Å². The predicted octanol–water partition coefficient (Wildman–Crippen LogP) is 14.6. The number of hydrogen-bond acceptors (Lipinski definition) is 2. The number of anilines is 3. The molecule has 0 radical (unpaired) electrons. The summed E-state index contributed by atoms with van der Waals surface area (Å²) < 4.78 is 8.92. The predicted molar refractivity (Wildman–Crippen MR) is 231 cm³/mol. The standard InChI is InChI=1S/C52H34N2O/c1-3-15-35(16-4-1)41-20-9-12-24-47(41)53(40-31-32-49-46(34-40)43-22-10-13-25-48(43)54(49)38-18-5-2-6-19-38)39-29-27-36(28-30-39)45-33-37-17-7-8-21-42(37)52-51(45)44-23-11-14-26-50(44)55-52/h1-34H. The number of rotatable bonds is 6. The quantitative estimate of drug-likeness (QED) is 0.172. The van der Waals surface area contributed by atoms with E-state index in [2.05, 4.69) is 210 Å². The van der Waals surface area contributed by atoms with Crippen LogP contribution in [0.3, 0.4) is 0 Å². The molecule has 2 heterocycles. The van der Waals surface area contributed by atoms with Gasteiger partial charge in [0.1, 0.15) is 11.2 Å². The summed E-state index contributed by atoms with van der Waals surface area (Å²) in [5, 5.41) is 7.00. The molecule has 3 heteroatoms. The summed E-state index contributed by atoms with van der Waals surface area (Å²) in [6.07, 6.45) is 0. The first-order valence-corrected chi connectivity index (χ1v) is 18.8. The van der Waals surface area contributed by atoms with Crippen LogP contribution >= 0.6 is 0 Å². The molecule has 0 aliphatic heterocycles. The van der Waals surface area contributed by atoms with Crippen LogP contribution in [0.4, 0.5) is 17.1 Å². The van der Waals surface area contributed by atoms with Crippen molar-refractivity contribution in [1.82, 2.24) is 4.57 Å². The third-order valence-corrected chi connectivity index (χ3v) is 11.0. The zero-order valence-corrected chi connectivity index (χ0v) is 29.9. The normalized spacial score (nSPS) is 11.6. The average Bonchev–Trinajstić information content (AvgIpc) is 3.81. The van der Waals surface area contributed by atoms with Gasteiger partial charge < -0.3 is 13.9 Å². The molecule has 0 fully saturated rings. The van der Waals surface area contributed by atoms with Crippen LogP contribution in [0.5, 0.6) is 0 Å². The third-order valence-electron chi connectivity index (χ3n) is 11.0. The monoisotopic (exact) mass is 702 g/mol. The molecule has 3 nitrogen and oxygen atoms in total. The van der Waals surface area contributed by atoms with E-state index in [0.29, 0.717) is 0 Å². The van der Waals surface area contributed by atoms with Crippen molar-refractivity contribution < 1.29 is 4.42 Å². The van der Waals surface area contributed by atoms with Crippen molar-refractivity contribution in [3.63, 3.8) is 0 Å². The lowest BCUT2D eigenvalue weighted by Crippen LogP contribution is -2.11. The first-order chi connectivity index (χ1) is 27.3. The lowest BCUT2D eigenvalue weighted by molar-refractivity contribution is 0.673. The molecule has 0 spiro atoms. The molecule has 2 aromatic heterocycles. The molecule has 0 unspecified atom stereocenters. The van der Waals surface area contributed by atoms with Gasteiger partial charge in [0.2, 0.25) is 0 Å². The summed E-state index contributed by atoms with van der Waals surface area (Å²) in [5.41, 5.74) is 13.3. The van der Waals surface area contributed by atoms with Crippen LogP contribution in [-0.2, 0) is 0 Å². The van der Waals surface area contributed by atoms with Crippen LogP contribution in [0.15, 0.2) is 211 Å². The molecule has 0 N–H and O–H groups in total. The Hall–Kier alpha value is -7.36. The lowest BCUT2D eigenvalue weighted by atomic mass is 9.95. The number of furan rings is 1. The largest absolute Gasteiger partial charge is 0.455 e. The van der Waals surface area contributed by atoms with Crippen molar-refractivity contribution in [3.05, 3.63) is 206 Å². The molecule has 258 valence electrons. The van der Waals surface area contributed by atoms with E-state index in [-0.39, 0.29) is 0 Å². The van der Waals surface area contributed by atoms with Gasteiger partial charge >= 0.3 is 0 Å². The molecule has 0 aliphatic rings. The zero-order valence-electron chi connectivity index (χ0n) is 29.9. The number of benzene rings is 9. The second kappa shape index (κ2) is 12.6. The van der Waals surface area contributed by atoms with Crippen LogP contribution in [-0.4, -0.2) is 4.57 Å². The highest BCUT2D eigenvalue weighted by atomic mass is 16.3. The van der Waals surface area contributed by atoms with Crippen molar-refractivity contribution in [2.24, 2.45) is 0 Å². The first-order valence-electron chi connectivity index (χ1n) is 18.8. The van der Waals surface area contributed by atoms with Gasteiger partial charge in [-0.3, -0.25) is 0 Å². The van der Waals surface area contributed by atoms with Crippen molar-refractivity contribution in [2.45, 2.75) is 0 Å². The first kappa shape index (κ1) is 31.2. The van der Waals surface area contributed by atoms with Crippen LogP contribution in [0.25, 0.3) is 82.5 Å². The number of fused-ring (bicyclic) bond motifs is 8. The Kier molecular flexibility index (Phi) is 7.17. The molecule has 0 saturated heterocycles. The summed E-state index contributed by atoms with van der Waals surface area (Å²) in [5.74, 6) is 0. The maximum absolute atomic E-state index is 6.55. The van der Waals surface area contributed by atoms with Crippen molar-refractivity contribution in [1.29, 1.82) is 0 Å². The van der Waals surface area contributed by atoms with Crippen LogP contribution in [0, 0.1) is 0 Å². The van der Waals surface area contributed by atoms with Gasteiger partial charge in [-0.1, -0.05) is 140 Å². The number of hydrogen-bond donors (Lipinski definition) is 0. The van der Waals surface area contributed by atoms with E-state index in [1.165, 1.54) is 32.9 Å². The molecular formula is C52H34N2O. The van der Waals surface area contributed by atoms with E-state index in [4.69, 9.17) is 4.42 Å². The summed E-state index contributed by atoms with van der Waals surface area (Å²) in [6, 6.07) is 73.9. The molecule has 9 aromatic carbocycles. The minimum Gasteiger partial charge on any atom is -0.455 e. The molecule has 0 saturated carbocycles. The summed E-state index contributed by atoms with van der Waals surface area (Å²) in [6.45, 7) is 0. The van der Waals surface area contributed by atoms with E-state index in [9.17, 15) is 0 Å². The van der Waals surface area contributed by atoms with E-state index < -0.39 is 0 Å². The zero-order chi connectivity index (χ0) is 36.3. The van der Waals surface area contributed by atoms with E-state index in [1.54, 1.807) is 0 Å². The van der Waals surface area contributed by atoms with Gasteiger partial charge in [-0.25, -0.2) is 0 Å². The fourth-order valence-corrected chi connectivity index (χ4v) is 8.49. The van der Waals surface area contributed by atoms with Crippen LogP contribution < -0.4 is 4.90 Å². The number of para-hydroxylation sites is 4. The summed E-state index contributed by atoms with van der Waals surface area (Å²) in [7, 11) is 0. The molecule has 11 rings (SSSR count). The highest BCUT2D eigenvalue weighted by Crippen LogP contribution is 2.45. The summed E-state index contributed by atoms with van der Waals surface area (Å²) in [4.78, 5) is 2.41. The molecule has 0 atom stereocenters.